The van der Waals surface area contributed by atoms with Gasteiger partial charge in [0.05, 0.1) is 62.3 Å². The predicted octanol–water partition coefficient (Wildman–Crippen LogP) is 9.16. The van der Waals surface area contributed by atoms with E-state index >= 15 is 0 Å². The molecular weight excluding hydrogens is 538 g/mol. The van der Waals surface area contributed by atoms with Gasteiger partial charge in [-0.25, -0.2) is 0 Å². The summed E-state index contributed by atoms with van der Waals surface area (Å²) in [6.07, 6.45) is 0. The number of aromatic nitrogens is 2. The van der Waals surface area contributed by atoms with Crippen LogP contribution in [0.15, 0.2) is 127 Å². The molecule has 0 fully saturated rings. The number of benzene rings is 6. The highest BCUT2D eigenvalue weighted by molar-refractivity contribution is 6.11. The predicted molar refractivity (Wildman–Crippen MR) is 175 cm³/mol. The Labute approximate surface area is 252 Å². The number of hydrogen-bond acceptors (Lipinski definition) is 3. The molecule has 6 aromatic carbocycles. The summed E-state index contributed by atoms with van der Waals surface area (Å²) in [5.74, 6) is 0. The molecule has 8 aromatic rings. The fourth-order valence-electron chi connectivity index (χ4n) is 6.50. The average molecular weight is 560 g/mol. The maximum Gasteiger partial charge on any atom is 0.101 e. The Bertz CT molecular complexity index is 2600. The minimum absolute atomic E-state index is 0.546. The summed E-state index contributed by atoms with van der Waals surface area (Å²) in [5, 5.41) is 33.7. The molecule has 0 atom stereocenters. The molecule has 0 aliphatic rings. The smallest absolute Gasteiger partial charge is 0.101 e. The summed E-state index contributed by atoms with van der Waals surface area (Å²) < 4.78 is 4.35. The van der Waals surface area contributed by atoms with Gasteiger partial charge in [0.25, 0.3) is 0 Å². The Morgan fingerprint density at radius 1 is 0.409 bits per heavy atom. The van der Waals surface area contributed by atoms with Crippen LogP contribution in [0.3, 0.4) is 0 Å². The molecule has 2 aromatic heterocycles. The minimum Gasteiger partial charge on any atom is -0.309 e. The summed E-state index contributed by atoms with van der Waals surface area (Å²) in [7, 11) is 0. The number of hydrogen-bond donors (Lipinski definition) is 0. The van der Waals surface area contributed by atoms with Gasteiger partial charge in [0.1, 0.15) is 6.07 Å². The van der Waals surface area contributed by atoms with Crippen molar-refractivity contribution in [3.05, 3.63) is 144 Å². The third-order valence-corrected chi connectivity index (χ3v) is 8.42. The van der Waals surface area contributed by atoms with Gasteiger partial charge in [-0.05, 0) is 72.3 Å². The molecule has 44 heavy (non-hydrogen) atoms. The molecule has 0 saturated carbocycles. The lowest BCUT2D eigenvalue weighted by Crippen LogP contribution is -2.00. The Kier molecular flexibility index (Phi) is 5.56. The summed E-state index contributed by atoms with van der Waals surface area (Å²) in [6, 6.07) is 49.1. The van der Waals surface area contributed by atoms with Gasteiger partial charge in [-0.3, -0.25) is 0 Å². The first kappa shape index (κ1) is 25.1. The second-order valence-electron chi connectivity index (χ2n) is 10.8. The Hall–Kier alpha value is -6.61. The molecule has 0 aliphatic carbocycles. The highest BCUT2D eigenvalue weighted by atomic mass is 15.0. The van der Waals surface area contributed by atoms with Gasteiger partial charge in [0.15, 0.2) is 0 Å². The van der Waals surface area contributed by atoms with Gasteiger partial charge in [0, 0.05) is 27.1 Å². The molecule has 5 nitrogen and oxygen atoms in total. The molecule has 202 valence electrons. The highest BCUT2D eigenvalue weighted by Crippen LogP contribution is 2.38. The molecule has 0 bridgehead atoms. The normalized spacial score (nSPS) is 11.1. The van der Waals surface area contributed by atoms with E-state index in [9.17, 15) is 15.8 Å². The van der Waals surface area contributed by atoms with E-state index in [4.69, 9.17) is 0 Å². The van der Waals surface area contributed by atoms with Gasteiger partial charge in [-0.15, -0.1) is 0 Å². The summed E-state index contributed by atoms with van der Waals surface area (Å²) >= 11 is 0. The molecular formula is C39H21N5. The van der Waals surface area contributed by atoms with Gasteiger partial charge < -0.3 is 9.13 Å². The van der Waals surface area contributed by atoms with Crippen molar-refractivity contribution in [3.63, 3.8) is 0 Å². The Balaban J connectivity index is 1.36. The quantitative estimate of drug-likeness (QED) is 0.216. The number of nitriles is 3. The summed E-state index contributed by atoms with van der Waals surface area (Å²) in [4.78, 5) is 0. The minimum atomic E-state index is 0.546. The zero-order valence-electron chi connectivity index (χ0n) is 23.4. The Morgan fingerprint density at radius 3 is 1.52 bits per heavy atom. The van der Waals surface area contributed by atoms with Crippen LogP contribution in [-0.4, -0.2) is 9.13 Å². The third-order valence-electron chi connectivity index (χ3n) is 8.42. The van der Waals surface area contributed by atoms with Crippen molar-refractivity contribution in [2.45, 2.75) is 0 Å². The molecule has 2 heterocycles. The molecule has 0 amide bonds. The van der Waals surface area contributed by atoms with Crippen molar-refractivity contribution in [1.82, 2.24) is 9.13 Å². The molecule has 5 heteroatoms. The number of rotatable bonds is 3. The lowest BCUT2D eigenvalue weighted by atomic mass is 10.00. The number of para-hydroxylation sites is 3. The molecule has 0 aliphatic heterocycles. The van der Waals surface area contributed by atoms with Crippen molar-refractivity contribution < 1.29 is 0 Å². The largest absolute Gasteiger partial charge is 0.309 e. The molecule has 0 radical (unpaired) electrons. The monoisotopic (exact) mass is 559 g/mol. The molecule has 0 spiro atoms. The van der Waals surface area contributed by atoms with Crippen LogP contribution in [0.25, 0.3) is 66.1 Å². The van der Waals surface area contributed by atoms with Crippen LogP contribution in [0.4, 0.5) is 0 Å². The van der Waals surface area contributed by atoms with Crippen molar-refractivity contribution >= 4 is 43.6 Å². The van der Waals surface area contributed by atoms with E-state index in [2.05, 4.69) is 63.7 Å². The van der Waals surface area contributed by atoms with E-state index in [-0.39, 0.29) is 0 Å². The molecule has 0 saturated heterocycles. The van der Waals surface area contributed by atoms with Crippen LogP contribution < -0.4 is 0 Å². The van der Waals surface area contributed by atoms with E-state index in [1.807, 2.05) is 91.0 Å². The van der Waals surface area contributed by atoms with Crippen LogP contribution in [0.1, 0.15) is 16.7 Å². The van der Waals surface area contributed by atoms with Crippen LogP contribution in [0, 0.1) is 34.0 Å². The van der Waals surface area contributed by atoms with Crippen molar-refractivity contribution in [2.24, 2.45) is 0 Å². The van der Waals surface area contributed by atoms with Crippen LogP contribution in [0.5, 0.6) is 0 Å². The summed E-state index contributed by atoms with van der Waals surface area (Å²) in [5.41, 5.74) is 9.42. The van der Waals surface area contributed by atoms with Crippen molar-refractivity contribution in [3.8, 4) is 40.7 Å². The van der Waals surface area contributed by atoms with Crippen molar-refractivity contribution in [1.29, 1.82) is 15.8 Å². The zero-order valence-corrected chi connectivity index (χ0v) is 23.4. The average Bonchev–Trinajstić information content (AvgIpc) is 3.60. The molecule has 0 N–H and O–H groups in total. The molecule has 0 unspecified atom stereocenters. The standard InChI is InChI=1S/C39H21N5/c40-22-25-13-16-38-32(19-25)30-8-2-5-11-36(30)43(38)34-18-15-27(21-28(34)24-42)29-7-1-4-10-35(29)44-37-12-6-3-9-31(37)33-20-26(23-41)14-17-39(33)44/h1-21H. The maximum absolute atomic E-state index is 10.5. The van der Waals surface area contributed by atoms with Gasteiger partial charge in [-0.1, -0.05) is 60.7 Å². The number of nitrogens with zero attached hydrogens (tertiary/aromatic N) is 5. The zero-order chi connectivity index (χ0) is 29.8. The van der Waals surface area contributed by atoms with E-state index in [1.54, 1.807) is 0 Å². The third kappa shape index (κ3) is 3.63. The highest BCUT2D eigenvalue weighted by Gasteiger charge is 2.19. The topological polar surface area (TPSA) is 81.2 Å². The Morgan fingerprint density at radius 2 is 0.932 bits per heavy atom. The number of fused-ring (bicyclic) bond motifs is 6. The second kappa shape index (κ2) is 9.74. The van der Waals surface area contributed by atoms with E-state index in [0.717, 1.165) is 66.1 Å². The lowest BCUT2D eigenvalue weighted by Gasteiger charge is -2.16. The van der Waals surface area contributed by atoms with E-state index in [1.165, 1.54) is 0 Å². The first-order valence-corrected chi connectivity index (χ1v) is 14.2. The SMILES string of the molecule is N#Cc1ccc2c(c1)c1ccccc1n2-c1ccc(-c2ccccc2-n2c3ccccc3c3cc(C#N)ccc32)cc1C#N. The van der Waals surface area contributed by atoms with Crippen LogP contribution in [0.2, 0.25) is 0 Å². The van der Waals surface area contributed by atoms with E-state index < -0.39 is 0 Å². The fourth-order valence-corrected chi connectivity index (χ4v) is 6.50. The lowest BCUT2D eigenvalue weighted by molar-refractivity contribution is 1.16. The van der Waals surface area contributed by atoms with Crippen LogP contribution in [-0.2, 0) is 0 Å². The van der Waals surface area contributed by atoms with Gasteiger partial charge in [-0.2, -0.15) is 15.8 Å². The fraction of sp³-hybridized carbons (Fsp3) is 0. The van der Waals surface area contributed by atoms with E-state index in [0.29, 0.717) is 16.7 Å². The first-order valence-electron chi connectivity index (χ1n) is 14.2. The molecule has 8 rings (SSSR count). The first-order chi connectivity index (χ1) is 21.7. The van der Waals surface area contributed by atoms with Gasteiger partial charge in [0.2, 0.25) is 0 Å². The van der Waals surface area contributed by atoms with Crippen LogP contribution >= 0.6 is 0 Å². The maximum atomic E-state index is 10.5. The van der Waals surface area contributed by atoms with Crippen molar-refractivity contribution in [2.75, 3.05) is 0 Å². The second-order valence-corrected chi connectivity index (χ2v) is 10.8. The summed E-state index contributed by atoms with van der Waals surface area (Å²) in [6.45, 7) is 0. The van der Waals surface area contributed by atoms with Gasteiger partial charge >= 0.3 is 0 Å².